The number of aliphatic imine (C=N–C) groups is 1. The largest absolute Gasteiger partial charge is 0.383 e. The highest BCUT2D eigenvalue weighted by Crippen LogP contribution is 2.12. The van der Waals surface area contributed by atoms with Gasteiger partial charge >= 0.3 is 0 Å². The van der Waals surface area contributed by atoms with Crippen molar-refractivity contribution >= 4 is 29.9 Å². The van der Waals surface area contributed by atoms with Crippen LogP contribution in [0.5, 0.6) is 0 Å². The quantitative estimate of drug-likeness (QED) is 0.350. The van der Waals surface area contributed by atoms with E-state index in [2.05, 4.69) is 19.9 Å². The van der Waals surface area contributed by atoms with Crippen LogP contribution in [-0.4, -0.2) is 41.8 Å². The summed E-state index contributed by atoms with van der Waals surface area (Å²) in [7, 11) is 1.65. The van der Waals surface area contributed by atoms with Gasteiger partial charge in [0.1, 0.15) is 5.82 Å². The van der Waals surface area contributed by atoms with E-state index in [0.717, 1.165) is 25.2 Å². The minimum Gasteiger partial charge on any atom is -0.383 e. The second kappa shape index (κ2) is 7.57. The highest BCUT2D eigenvalue weighted by atomic mass is 127. The molecule has 3 N–H and O–H groups in total. The molecule has 0 saturated heterocycles. The van der Waals surface area contributed by atoms with Crippen LogP contribution in [0.1, 0.15) is 12.2 Å². The Balaban J connectivity index is 0.00000162. The molecule has 0 spiro atoms. The summed E-state index contributed by atoms with van der Waals surface area (Å²) in [6.45, 7) is 2.17. The van der Waals surface area contributed by atoms with E-state index in [0.29, 0.717) is 25.2 Å². The second-order valence-electron chi connectivity index (χ2n) is 4.13. The molecule has 0 aromatic carbocycles. The van der Waals surface area contributed by atoms with Gasteiger partial charge in [-0.15, -0.1) is 24.0 Å². The fourth-order valence-corrected chi connectivity index (χ4v) is 1.99. The first-order chi connectivity index (χ1) is 8.29. The lowest BCUT2D eigenvalue weighted by Crippen LogP contribution is -2.44. The number of aryl methyl sites for hydroxylation is 1. The van der Waals surface area contributed by atoms with Crippen LogP contribution < -0.4 is 11.1 Å². The third kappa shape index (κ3) is 4.13. The van der Waals surface area contributed by atoms with Crippen molar-refractivity contribution in [3.8, 4) is 0 Å². The van der Waals surface area contributed by atoms with Crippen molar-refractivity contribution in [2.45, 2.75) is 25.4 Å². The van der Waals surface area contributed by atoms with Gasteiger partial charge in [-0.3, -0.25) is 4.99 Å². The Morgan fingerprint density at radius 2 is 2.56 bits per heavy atom. The molecule has 6 nitrogen and oxygen atoms in total. The summed E-state index contributed by atoms with van der Waals surface area (Å²) < 4.78 is 7.09. The number of rotatable bonds is 4. The Labute approximate surface area is 124 Å². The minimum atomic E-state index is 0. The number of ether oxygens (including phenoxy) is 1. The van der Waals surface area contributed by atoms with Crippen molar-refractivity contribution in [2.75, 3.05) is 20.3 Å². The van der Waals surface area contributed by atoms with Crippen molar-refractivity contribution in [1.29, 1.82) is 0 Å². The standard InChI is InChI=1S/C11H19N5O.HI/c1-17-7-4-14-11(12)15-9-2-5-16-6-3-13-10(16)8-9;/h3,6,9H,2,4-5,7-8H2,1H3,(H3,12,14,15);1H. The second-order valence-corrected chi connectivity index (χ2v) is 4.13. The average molecular weight is 365 g/mol. The predicted molar refractivity (Wildman–Crippen MR) is 81.3 cm³/mol. The Bertz CT molecular complexity index is 393. The van der Waals surface area contributed by atoms with Gasteiger partial charge in [0.15, 0.2) is 5.96 Å². The summed E-state index contributed by atoms with van der Waals surface area (Å²) in [5, 5.41) is 3.23. The number of aromatic nitrogens is 2. The zero-order chi connectivity index (χ0) is 12.1. The smallest absolute Gasteiger partial charge is 0.188 e. The van der Waals surface area contributed by atoms with Gasteiger partial charge in [0.2, 0.25) is 0 Å². The Hall–Kier alpha value is -0.830. The Kier molecular flexibility index (Phi) is 6.41. The molecule has 0 amide bonds. The van der Waals surface area contributed by atoms with Crippen molar-refractivity contribution in [1.82, 2.24) is 14.9 Å². The number of hydrogen-bond acceptors (Lipinski definition) is 3. The lowest BCUT2D eigenvalue weighted by Gasteiger charge is -2.24. The zero-order valence-corrected chi connectivity index (χ0v) is 12.8. The molecule has 1 aliphatic rings. The first-order valence-corrected chi connectivity index (χ1v) is 5.85. The Morgan fingerprint density at radius 1 is 1.72 bits per heavy atom. The summed E-state index contributed by atoms with van der Waals surface area (Å²) in [6, 6.07) is 0.330. The van der Waals surface area contributed by atoms with Gasteiger partial charge in [-0.25, -0.2) is 4.98 Å². The molecule has 1 aromatic rings. The molecular formula is C11H20IN5O. The zero-order valence-electron chi connectivity index (χ0n) is 10.5. The van der Waals surface area contributed by atoms with E-state index in [1.165, 1.54) is 0 Å². The molecule has 2 heterocycles. The van der Waals surface area contributed by atoms with Crippen molar-refractivity contribution in [2.24, 2.45) is 10.7 Å². The predicted octanol–water partition coefficient (Wildman–Crippen LogP) is 0.367. The van der Waals surface area contributed by atoms with E-state index >= 15 is 0 Å². The Morgan fingerprint density at radius 3 is 3.33 bits per heavy atom. The van der Waals surface area contributed by atoms with Crippen LogP contribution in [0.25, 0.3) is 0 Å². The molecule has 102 valence electrons. The summed E-state index contributed by atoms with van der Waals surface area (Å²) in [5.41, 5.74) is 5.80. The molecule has 1 atom stereocenters. The number of hydrogen-bond donors (Lipinski definition) is 2. The monoisotopic (exact) mass is 365 g/mol. The molecular weight excluding hydrogens is 345 g/mol. The van der Waals surface area contributed by atoms with Crippen LogP contribution in [0.15, 0.2) is 17.4 Å². The van der Waals surface area contributed by atoms with E-state index in [4.69, 9.17) is 10.5 Å². The van der Waals surface area contributed by atoms with Crippen LogP contribution in [0.3, 0.4) is 0 Å². The van der Waals surface area contributed by atoms with Crippen LogP contribution in [0, 0.1) is 0 Å². The van der Waals surface area contributed by atoms with Gasteiger partial charge in [-0.1, -0.05) is 0 Å². The highest BCUT2D eigenvalue weighted by Gasteiger charge is 2.18. The van der Waals surface area contributed by atoms with Crippen molar-refractivity contribution in [3.63, 3.8) is 0 Å². The van der Waals surface area contributed by atoms with Crippen LogP contribution >= 0.6 is 24.0 Å². The summed E-state index contributed by atoms with van der Waals surface area (Å²) >= 11 is 0. The minimum absolute atomic E-state index is 0. The van der Waals surface area contributed by atoms with E-state index in [9.17, 15) is 0 Å². The molecule has 7 heteroatoms. The molecule has 1 aliphatic heterocycles. The molecule has 0 radical (unpaired) electrons. The molecule has 0 bridgehead atoms. The third-order valence-corrected chi connectivity index (χ3v) is 2.88. The number of halogens is 1. The van der Waals surface area contributed by atoms with Gasteiger partial charge in [0.05, 0.1) is 13.2 Å². The highest BCUT2D eigenvalue weighted by molar-refractivity contribution is 14.0. The molecule has 0 aliphatic carbocycles. The van der Waals surface area contributed by atoms with Crippen molar-refractivity contribution < 1.29 is 4.74 Å². The maximum atomic E-state index is 5.80. The van der Waals surface area contributed by atoms with E-state index in [1.807, 2.05) is 12.4 Å². The van der Waals surface area contributed by atoms with Crippen molar-refractivity contribution in [3.05, 3.63) is 18.2 Å². The normalized spacial score (nSPS) is 18.9. The number of imidazole rings is 1. The van der Waals surface area contributed by atoms with Gasteiger partial charge in [-0.05, 0) is 6.42 Å². The molecule has 0 fully saturated rings. The molecule has 18 heavy (non-hydrogen) atoms. The number of methoxy groups -OCH3 is 1. The lowest BCUT2D eigenvalue weighted by molar-refractivity contribution is 0.208. The first-order valence-electron chi connectivity index (χ1n) is 5.85. The summed E-state index contributed by atoms with van der Waals surface area (Å²) in [5.74, 6) is 1.60. The fraction of sp³-hybridized carbons (Fsp3) is 0.636. The topological polar surface area (TPSA) is 77.5 Å². The summed E-state index contributed by atoms with van der Waals surface area (Å²) in [6.07, 6.45) is 5.80. The number of fused-ring (bicyclic) bond motifs is 1. The van der Waals surface area contributed by atoms with E-state index in [-0.39, 0.29) is 24.0 Å². The fourth-order valence-electron chi connectivity index (χ4n) is 1.99. The SMILES string of the molecule is COCCN=C(N)NC1CCn2ccnc2C1.I. The third-order valence-electron chi connectivity index (χ3n) is 2.88. The van der Waals surface area contributed by atoms with Gasteiger partial charge < -0.3 is 20.4 Å². The van der Waals surface area contributed by atoms with E-state index < -0.39 is 0 Å². The maximum absolute atomic E-state index is 5.80. The molecule has 0 saturated carbocycles. The number of nitrogens with zero attached hydrogens (tertiary/aromatic N) is 3. The van der Waals surface area contributed by atoms with Gasteiger partial charge in [0, 0.05) is 38.5 Å². The molecule has 1 aromatic heterocycles. The number of nitrogens with two attached hydrogens (primary N) is 1. The van der Waals surface area contributed by atoms with Crippen LogP contribution in [0.4, 0.5) is 0 Å². The first kappa shape index (κ1) is 15.2. The van der Waals surface area contributed by atoms with Gasteiger partial charge in [0.25, 0.3) is 0 Å². The number of guanidine groups is 1. The molecule has 2 rings (SSSR count). The molecule has 1 unspecified atom stereocenters. The van der Waals surface area contributed by atoms with E-state index in [1.54, 1.807) is 7.11 Å². The number of nitrogens with one attached hydrogen (secondary N) is 1. The van der Waals surface area contributed by atoms with Crippen LogP contribution in [-0.2, 0) is 17.7 Å². The lowest BCUT2D eigenvalue weighted by atomic mass is 10.1. The maximum Gasteiger partial charge on any atom is 0.188 e. The average Bonchev–Trinajstić information content (AvgIpc) is 2.76. The van der Waals surface area contributed by atoms with Crippen LogP contribution in [0.2, 0.25) is 0 Å². The van der Waals surface area contributed by atoms with Gasteiger partial charge in [-0.2, -0.15) is 0 Å². The summed E-state index contributed by atoms with van der Waals surface area (Å²) in [4.78, 5) is 8.49.